The fourth-order valence-electron chi connectivity index (χ4n) is 5.28. The number of nitrogens with zero attached hydrogens (tertiary/aromatic N) is 2. The van der Waals surface area contributed by atoms with E-state index in [1.807, 2.05) is 44.2 Å². The Labute approximate surface area is 258 Å². The van der Waals surface area contributed by atoms with E-state index in [1.54, 1.807) is 24.3 Å². The van der Waals surface area contributed by atoms with Crippen molar-refractivity contribution in [2.24, 2.45) is 0 Å². The average Bonchev–Trinajstić information content (AvgIpc) is 2.98. The second-order valence-electron chi connectivity index (χ2n) is 10.7. The molecule has 224 valence electrons. The maximum Gasteiger partial charge on any atom is 0.264 e. The zero-order chi connectivity index (χ0) is 30.3. The largest absolute Gasteiger partial charge is 0.352 e. The summed E-state index contributed by atoms with van der Waals surface area (Å²) in [7, 11) is -4.24. The van der Waals surface area contributed by atoms with Gasteiger partial charge in [-0.3, -0.25) is 13.9 Å². The van der Waals surface area contributed by atoms with Gasteiger partial charge < -0.3 is 10.2 Å². The van der Waals surface area contributed by atoms with Crippen molar-refractivity contribution in [1.29, 1.82) is 0 Å². The molecule has 0 radical (unpaired) electrons. The number of carbonyl (C=O) groups is 2. The number of hydrogen-bond acceptors (Lipinski definition) is 4. The van der Waals surface area contributed by atoms with Gasteiger partial charge in [-0.05, 0) is 56.0 Å². The standard InChI is InChI=1S/C32H37Cl2N3O4S/c1-3-28(32(39)35-25-13-8-5-9-14-25)36(21-24-11-6-4-7-12-24)30(38)22-37(29-16-10-15-27(33)31(29)34)42(40,41)26-19-17-23(2)18-20-26/h4,6-7,10-12,15-20,25,28H,3,5,8-9,13-14,21-22H2,1-2H3,(H,35,39)/t28-/m1/s1. The minimum atomic E-state index is -4.24. The fourth-order valence-corrected chi connectivity index (χ4v) is 7.15. The number of aryl methyl sites for hydroxylation is 1. The van der Waals surface area contributed by atoms with Gasteiger partial charge in [0, 0.05) is 12.6 Å². The van der Waals surface area contributed by atoms with Crippen LogP contribution in [0.25, 0.3) is 0 Å². The molecule has 0 aromatic heterocycles. The molecule has 0 saturated heterocycles. The third kappa shape index (κ3) is 7.65. The molecule has 3 aromatic rings. The molecule has 1 fully saturated rings. The molecule has 1 aliphatic rings. The van der Waals surface area contributed by atoms with Crippen LogP contribution in [0.5, 0.6) is 0 Å². The molecule has 3 aromatic carbocycles. The van der Waals surface area contributed by atoms with Crippen LogP contribution in [-0.4, -0.2) is 43.8 Å². The van der Waals surface area contributed by atoms with Crippen LogP contribution in [0.15, 0.2) is 77.7 Å². The summed E-state index contributed by atoms with van der Waals surface area (Å²) in [5, 5.41) is 3.32. The number of sulfonamides is 1. The number of rotatable bonds is 11. The normalized spacial score (nSPS) is 14.7. The quantitative estimate of drug-likeness (QED) is 0.254. The van der Waals surface area contributed by atoms with E-state index in [2.05, 4.69) is 5.32 Å². The Morgan fingerprint density at radius 1 is 0.929 bits per heavy atom. The van der Waals surface area contributed by atoms with E-state index in [0.29, 0.717) is 6.42 Å². The lowest BCUT2D eigenvalue weighted by Crippen LogP contribution is -2.54. The van der Waals surface area contributed by atoms with Gasteiger partial charge in [0.05, 0.1) is 20.6 Å². The lowest BCUT2D eigenvalue weighted by atomic mass is 9.95. The molecule has 0 bridgehead atoms. The van der Waals surface area contributed by atoms with E-state index < -0.39 is 28.5 Å². The Hall–Kier alpha value is -3.07. The Morgan fingerprint density at radius 3 is 2.24 bits per heavy atom. The Morgan fingerprint density at radius 2 is 1.60 bits per heavy atom. The highest BCUT2D eigenvalue weighted by Crippen LogP contribution is 2.35. The summed E-state index contributed by atoms with van der Waals surface area (Å²) in [5.74, 6) is -0.765. The molecule has 10 heteroatoms. The highest BCUT2D eigenvalue weighted by molar-refractivity contribution is 7.92. The molecule has 4 rings (SSSR count). The maximum absolute atomic E-state index is 14.2. The number of carbonyl (C=O) groups excluding carboxylic acids is 2. The molecule has 0 spiro atoms. The molecule has 2 amide bonds. The van der Waals surface area contributed by atoms with Gasteiger partial charge in [0.25, 0.3) is 10.0 Å². The van der Waals surface area contributed by atoms with Crippen LogP contribution in [-0.2, 0) is 26.2 Å². The van der Waals surface area contributed by atoms with Gasteiger partial charge in [0.2, 0.25) is 11.8 Å². The maximum atomic E-state index is 14.2. The average molecular weight is 631 g/mol. The summed E-state index contributed by atoms with van der Waals surface area (Å²) < 4.78 is 29.1. The first kappa shape index (κ1) is 31.9. The molecule has 7 nitrogen and oxygen atoms in total. The van der Waals surface area contributed by atoms with Crippen LogP contribution in [0.3, 0.4) is 0 Å². The minimum absolute atomic E-state index is 0.00800. The van der Waals surface area contributed by atoms with Crippen molar-refractivity contribution in [2.75, 3.05) is 10.8 Å². The van der Waals surface area contributed by atoms with E-state index in [-0.39, 0.29) is 39.1 Å². The number of amides is 2. The predicted octanol–water partition coefficient (Wildman–Crippen LogP) is 6.75. The topological polar surface area (TPSA) is 86.8 Å². The predicted molar refractivity (Wildman–Crippen MR) is 168 cm³/mol. The summed E-state index contributed by atoms with van der Waals surface area (Å²) in [6, 6.07) is 19.6. The van der Waals surface area contributed by atoms with Crippen LogP contribution >= 0.6 is 23.2 Å². The highest BCUT2D eigenvalue weighted by atomic mass is 35.5. The SMILES string of the molecule is CC[C@H](C(=O)NC1CCCCC1)N(Cc1ccccc1)C(=O)CN(c1cccc(Cl)c1Cl)S(=O)(=O)c1ccc(C)cc1. The third-order valence-electron chi connectivity index (χ3n) is 7.62. The van der Waals surface area contributed by atoms with Gasteiger partial charge in [-0.2, -0.15) is 0 Å². The second-order valence-corrected chi connectivity index (χ2v) is 13.3. The van der Waals surface area contributed by atoms with Crippen molar-refractivity contribution in [3.05, 3.63) is 94.0 Å². The van der Waals surface area contributed by atoms with Crippen molar-refractivity contribution >= 4 is 50.7 Å². The Balaban J connectivity index is 1.72. The first-order valence-electron chi connectivity index (χ1n) is 14.3. The van der Waals surface area contributed by atoms with Crippen molar-refractivity contribution in [3.63, 3.8) is 0 Å². The van der Waals surface area contributed by atoms with Crippen molar-refractivity contribution in [3.8, 4) is 0 Å². The summed E-state index contributed by atoms with van der Waals surface area (Å²) >= 11 is 12.8. The highest BCUT2D eigenvalue weighted by Gasteiger charge is 2.35. The van der Waals surface area contributed by atoms with Gasteiger partial charge in [-0.15, -0.1) is 0 Å². The molecule has 0 aliphatic heterocycles. The summed E-state index contributed by atoms with van der Waals surface area (Å²) in [4.78, 5) is 29.3. The summed E-state index contributed by atoms with van der Waals surface area (Å²) in [6.45, 7) is 3.27. The molecular weight excluding hydrogens is 593 g/mol. The van der Waals surface area contributed by atoms with E-state index in [9.17, 15) is 18.0 Å². The van der Waals surface area contributed by atoms with Crippen LogP contribution in [0.4, 0.5) is 5.69 Å². The van der Waals surface area contributed by atoms with E-state index in [4.69, 9.17) is 23.2 Å². The molecule has 1 N–H and O–H groups in total. The van der Waals surface area contributed by atoms with Crippen molar-refractivity contribution in [2.45, 2.75) is 75.9 Å². The second kappa shape index (κ2) is 14.4. The van der Waals surface area contributed by atoms with Crippen molar-refractivity contribution < 1.29 is 18.0 Å². The number of hydrogen-bond donors (Lipinski definition) is 1. The number of benzene rings is 3. The number of halogens is 2. The Bertz CT molecular complexity index is 1480. The summed E-state index contributed by atoms with van der Waals surface area (Å²) in [5.41, 5.74) is 1.79. The molecule has 1 aliphatic carbocycles. The molecule has 1 saturated carbocycles. The molecule has 42 heavy (non-hydrogen) atoms. The molecule has 1 atom stereocenters. The van der Waals surface area contributed by atoms with Crippen LogP contribution in [0.2, 0.25) is 10.0 Å². The van der Waals surface area contributed by atoms with Crippen molar-refractivity contribution in [1.82, 2.24) is 10.2 Å². The van der Waals surface area contributed by atoms with Crippen LogP contribution in [0.1, 0.15) is 56.6 Å². The van der Waals surface area contributed by atoms with Gasteiger partial charge in [-0.25, -0.2) is 8.42 Å². The number of anilines is 1. The number of nitrogens with one attached hydrogen (secondary N) is 1. The zero-order valence-corrected chi connectivity index (χ0v) is 26.3. The monoisotopic (exact) mass is 629 g/mol. The molecular formula is C32H37Cl2N3O4S. The van der Waals surface area contributed by atoms with E-state index in [0.717, 1.165) is 47.5 Å². The van der Waals surface area contributed by atoms with Gasteiger partial charge in [-0.1, -0.05) is 103 Å². The smallest absolute Gasteiger partial charge is 0.264 e. The van der Waals surface area contributed by atoms with Crippen LogP contribution in [0, 0.1) is 6.92 Å². The molecule has 0 heterocycles. The van der Waals surface area contributed by atoms with Gasteiger partial charge in [0.15, 0.2) is 0 Å². The van der Waals surface area contributed by atoms with E-state index in [1.165, 1.54) is 23.1 Å². The van der Waals surface area contributed by atoms with Crippen LogP contribution < -0.4 is 9.62 Å². The lowest BCUT2D eigenvalue weighted by Gasteiger charge is -2.34. The third-order valence-corrected chi connectivity index (χ3v) is 10.2. The minimum Gasteiger partial charge on any atom is -0.352 e. The lowest BCUT2D eigenvalue weighted by molar-refractivity contribution is -0.140. The summed E-state index contributed by atoms with van der Waals surface area (Å²) in [6.07, 6.45) is 5.44. The fraction of sp³-hybridized carbons (Fsp3) is 0.375. The van der Waals surface area contributed by atoms with E-state index >= 15 is 0 Å². The zero-order valence-electron chi connectivity index (χ0n) is 23.9. The first-order chi connectivity index (χ1) is 20.1. The Kier molecular flexibility index (Phi) is 10.9. The molecule has 0 unspecified atom stereocenters. The van der Waals surface area contributed by atoms with Gasteiger partial charge in [0.1, 0.15) is 12.6 Å². The first-order valence-corrected chi connectivity index (χ1v) is 16.5. The van der Waals surface area contributed by atoms with Gasteiger partial charge >= 0.3 is 0 Å².